The molecule has 2 rings (SSSR count). The lowest BCUT2D eigenvalue weighted by molar-refractivity contribution is 0.367. The SMILES string of the molecule is Fc1cc(CC2CCNCC2)c(F)c(Cl)c1F. The number of nitrogens with one attached hydrogen (secondary N) is 1. The molecular weight excluding hydrogens is 251 g/mol. The summed E-state index contributed by atoms with van der Waals surface area (Å²) < 4.78 is 39.8. The third kappa shape index (κ3) is 2.75. The van der Waals surface area contributed by atoms with Crippen molar-refractivity contribution >= 4 is 11.6 Å². The minimum absolute atomic E-state index is 0.167. The smallest absolute Gasteiger partial charge is 0.180 e. The van der Waals surface area contributed by atoms with E-state index in [1.807, 2.05) is 0 Å². The fourth-order valence-electron chi connectivity index (χ4n) is 2.17. The van der Waals surface area contributed by atoms with Crippen LogP contribution in [0.1, 0.15) is 18.4 Å². The standard InChI is InChI=1S/C12H13ClF3N/c13-10-11(15)8(6-9(14)12(10)16)5-7-1-3-17-4-2-7/h6-7,17H,1-5H2. The van der Waals surface area contributed by atoms with Crippen molar-refractivity contribution < 1.29 is 13.2 Å². The molecule has 0 atom stereocenters. The van der Waals surface area contributed by atoms with Crippen molar-refractivity contribution in [2.75, 3.05) is 13.1 Å². The van der Waals surface area contributed by atoms with Crippen molar-refractivity contribution in [3.63, 3.8) is 0 Å². The van der Waals surface area contributed by atoms with Crippen LogP contribution in [0.4, 0.5) is 13.2 Å². The summed E-state index contributed by atoms with van der Waals surface area (Å²) in [5.41, 5.74) is 0.167. The minimum atomic E-state index is -1.31. The van der Waals surface area contributed by atoms with Crippen LogP contribution in [-0.4, -0.2) is 13.1 Å². The van der Waals surface area contributed by atoms with Gasteiger partial charge in [-0.15, -0.1) is 0 Å². The molecule has 0 unspecified atom stereocenters. The summed E-state index contributed by atoms with van der Waals surface area (Å²) in [5, 5.41) is 2.45. The van der Waals surface area contributed by atoms with Crippen molar-refractivity contribution in [1.29, 1.82) is 0 Å². The quantitative estimate of drug-likeness (QED) is 0.638. The van der Waals surface area contributed by atoms with Crippen molar-refractivity contribution in [2.24, 2.45) is 5.92 Å². The number of hydrogen-bond acceptors (Lipinski definition) is 1. The summed E-state index contributed by atoms with van der Waals surface area (Å²) in [5.74, 6) is -2.92. The normalized spacial score (nSPS) is 17.4. The van der Waals surface area contributed by atoms with Crippen LogP contribution in [-0.2, 0) is 6.42 Å². The molecule has 1 saturated heterocycles. The molecule has 94 valence electrons. The summed E-state index contributed by atoms with van der Waals surface area (Å²) in [6, 6.07) is 0.915. The maximum Gasteiger partial charge on any atom is 0.180 e. The molecule has 0 amide bonds. The van der Waals surface area contributed by atoms with Gasteiger partial charge in [0.05, 0.1) is 0 Å². The van der Waals surface area contributed by atoms with Gasteiger partial charge in [0, 0.05) is 0 Å². The lowest BCUT2D eigenvalue weighted by atomic mass is 9.91. The predicted molar refractivity (Wildman–Crippen MR) is 60.6 cm³/mol. The summed E-state index contributed by atoms with van der Waals surface area (Å²) in [6.07, 6.45) is 2.23. The average Bonchev–Trinajstić information content (AvgIpc) is 2.35. The van der Waals surface area contributed by atoms with Gasteiger partial charge in [0.15, 0.2) is 11.6 Å². The highest BCUT2D eigenvalue weighted by molar-refractivity contribution is 6.31. The van der Waals surface area contributed by atoms with E-state index >= 15 is 0 Å². The molecule has 1 aliphatic rings. The minimum Gasteiger partial charge on any atom is -0.317 e. The van der Waals surface area contributed by atoms with Crippen molar-refractivity contribution in [3.05, 3.63) is 34.1 Å². The Morgan fingerprint density at radius 1 is 1.18 bits per heavy atom. The van der Waals surface area contributed by atoms with Gasteiger partial charge in [0.1, 0.15) is 10.8 Å². The number of rotatable bonds is 2. The molecule has 1 fully saturated rings. The van der Waals surface area contributed by atoms with E-state index < -0.39 is 22.5 Å². The monoisotopic (exact) mass is 263 g/mol. The van der Waals surface area contributed by atoms with Gasteiger partial charge < -0.3 is 5.32 Å². The highest BCUT2D eigenvalue weighted by Crippen LogP contribution is 2.28. The molecule has 0 spiro atoms. The summed E-state index contributed by atoms with van der Waals surface area (Å²) in [7, 11) is 0. The largest absolute Gasteiger partial charge is 0.317 e. The van der Waals surface area contributed by atoms with Crippen molar-refractivity contribution in [1.82, 2.24) is 5.32 Å². The van der Waals surface area contributed by atoms with Crippen LogP contribution < -0.4 is 5.32 Å². The Bertz CT molecular complexity index is 417. The van der Waals surface area contributed by atoms with E-state index in [0.29, 0.717) is 12.3 Å². The Morgan fingerprint density at radius 3 is 2.47 bits per heavy atom. The van der Waals surface area contributed by atoms with Crippen LogP contribution >= 0.6 is 11.6 Å². The van der Waals surface area contributed by atoms with Gasteiger partial charge in [-0.2, -0.15) is 0 Å². The van der Waals surface area contributed by atoms with E-state index in [1.54, 1.807) is 0 Å². The van der Waals surface area contributed by atoms with Gasteiger partial charge in [-0.3, -0.25) is 0 Å². The summed E-state index contributed by atoms with van der Waals surface area (Å²) in [6.45, 7) is 1.76. The molecule has 1 aromatic carbocycles. The second-order valence-corrected chi connectivity index (χ2v) is 4.73. The predicted octanol–water partition coefficient (Wildman–Crippen LogP) is 3.30. The van der Waals surface area contributed by atoms with Crippen LogP contribution in [0.5, 0.6) is 0 Å². The van der Waals surface area contributed by atoms with Crippen LogP contribution in [0.25, 0.3) is 0 Å². The van der Waals surface area contributed by atoms with Gasteiger partial charge in [0.25, 0.3) is 0 Å². The molecule has 1 nitrogen and oxygen atoms in total. The van der Waals surface area contributed by atoms with Gasteiger partial charge in [-0.05, 0) is 49.9 Å². The fraction of sp³-hybridized carbons (Fsp3) is 0.500. The Kier molecular flexibility index (Phi) is 3.94. The van der Waals surface area contributed by atoms with Gasteiger partial charge in [-0.25, -0.2) is 13.2 Å². The van der Waals surface area contributed by atoms with E-state index in [4.69, 9.17) is 11.6 Å². The highest BCUT2D eigenvalue weighted by Gasteiger charge is 2.20. The van der Waals surface area contributed by atoms with E-state index in [2.05, 4.69) is 5.32 Å². The highest BCUT2D eigenvalue weighted by atomic mass is 35.5. The molecule has 1 aromatic rings. The van der Waals surface area contributed by atoms with E-state index in [9.17, 15) is 13.2 Å². The van der Waals surface area contributed by atoms with Crippen LogP contribution in [0, 0.1) is 23.4 Å². The zero-order chi connectivity index (χ0) is 12.4. The summed E-state index contributed by atoms with van der Waals surface area (Å²) >= 11 is 5.40. The lowest BCUT2D eigenvalue weighted by Gasteiger charge is -2.22. The maximum atomic E-state index is 13.6. The topological polar surface area (TPSA) is 12.0 Å². The number of hydrogen-bond donors (Lipinski definition) is 1. The third-order valence-corrected chi connectivity index (χ3v) is 3.48. The summed E-state index contributed by atoms with van der Waals surface area (Å²) in [4.78, 5) is 0. The zero-order valence-electron chi connectivity index (χ0n) is 9.20. The maximum absolute atomic E-state index is 13.6. The van der Waals surface area contributed by atoms with E-state index in [0.717, 1.165) is 32.0 Å². The van der Waals surface area contributed by atoms with E-state index in [1.165, 1.54) is 0 Å². The Balaban J connectivity index is 2.20. The number of halogens is 4. The lowest BCUT2D eigenvalue weighted by Crippen LogP contribution is -2.28. The van der Waals surface area contributed by atoms with Crippen LogP contribution in [0.15, 0.2) is 6.07 Å². The molecular formula is C12H13ClF3N. The third-order valence-electron chi connectivity index (χ3n) is 3.15. The Morgan fingerprint density at radius 2 is 1.82 bits per heavy atom. The Labute approximate surface area is 103 Å². The zero-order valence-corrected chi connectivity index (χ0v) is 9.96. The molecule has 1 N–H and O–H groups in total. The molecule has 1 heterocycles. The van der Waals surface area contributed by atoms with Crippen molar-refractivity contribution in [2.45, 2.75) is 19.3 Å². The molecule has 0 aromatic heterocycles. The first-order valence-electron chi connectivity index (χ1n) is 5.62. The van der Waals surface area contributed by atoms with Gasteiger partial charge >= 0.3 is 0 Å². The van der Waals surface area contributed by atoms with Crippen molar-refractivity contribution in [3.8, 4) is 0 Å². The molecule has 0 aliphatic carbocycles. The first-order chi connectivity index (χ1) is 8.09. The molecule has 5 heteroatoms. The first kappa shape index (κ1) is 12.7. The molecule has 17 heavy (non-hydrogen) atoms. The van der Waals surface area contributed by atoms with E-state index in [-0.39, 0.29) is 5.56 Å². The molecule has 1 aliphatic heterocycles. The fourth-order valence-corrected chi connectivity index (χ4v) is 2.38. The van der Waals surface area contributed by atoms with Gasteiger partial charge in [0.2, 0.25) is 0 Å². The van der Waals surface area contributed by atoms with Crippen LogP contribution in [0.3, 0.4) is 0 Å². The Hall–Kier alpha value is -0.740. The molecule has 0 bridgehead atoms. The second-order valence-electron chi connectivity index (χ2n) is 4.36. The van der Waals surface area contributed by atoms with Gasteiger partial charge in [-0.1, -0.05) is 11.6 Å². The van der Waals surface area contributed by atoms with Crippen LogP contribution in [0.2, 0.25) is 5.02 Å². The second kappa shape index (κ2) is 5.27. The number of piperidine rings is 1. The number of benzene rings is 1. The average molecular weight is 264 g/mol. The molecule has 0 saturated carbocycles. The first-order valence-corrected chi connectivity index (χ1v) is 6.00. The molecule has 0 radical (unpaired) electrons.